The van der Waals surface area contributed by atoms with Crippen LogP contribution in [-0.4, -0.2) is 75.7 Å². The molecule has 228 valence electrons. The number of hydrogen-bond donors (Lipinski definition) is 1. The third-order valence-electron chi connectivity index (χ3n) is 7.65. The molecule has 11 heteroatoms. The maximum atomic E-state index is 14.0. The monoisotopic (exact) mass is 583 g/mol. The molecule has 0 unspecified atom stereocenters. The van der Waals surface area contributed by atoms with Crippen LogP contribution in [0.1, 0.15) is 37.7 Å². The van der Waals surface area contributed by atoms with Gasteiger partial charge in [0.1, 0.15) is 0 Å². The van der Waals surface area contributed by atoms with Crippen LogP contribution in [0.2, 0.25) is 0 Å². The molecule has 4 rings (SSSR count). The first-order valence-corrected chi connectivity index (χ1v) is 14.4. The number of methoxy groups -OCH3 is 4. The van der Waals surface area contributed by atoms with E-state index >= 15 is 0 Å². The van der Waals surface area contributed by atoms with Crippen LogP contribution in [0.25, 0.3) is 32.7 Å². The highest BCUT2D eigenvalue weighted by molar-refractivity contribution is 6.16. The molecule has 0 saturated heterocycles. The van der Waals surface area contributed by atoms with E-state index in [-0.39, 0.29) is 24.4 Å². The summed E-state index contributed by atoms with van der Waals surface area (Å²) < 4.78 is 23.3. The fourth-order valence-electron chi connectivity index (χ4n) is 5.67. The Bertz CT molecular complexity index is 1690. The second-order valence-electron chi connectivity index (χ2n) is 10.4. The van der Waals surface area contributed by atoms with Crippen LogP contribution in [-0.2, 0) is 38.5 Å². The Morgan fingerprint density at radius 1 is 0.690 bits per heavy atom. The predicted molar refractivity (Wildman–Crippen MR) is 162 cm³/mol. The summed E-state index contributed by atoms with van der Waals surface area (Å²) in [5, 5.41) is 13.4. The number of ether oxygens (including phenoxy) is 4. The summed E-state index contributed by atoms with van der Waals surface area (Å²) in [5.74, 6) is -0.196. The molecule has 11 nitrogen and oxygen atoms in total. The van der Waals surface area contributed by atoms with Crippen molar-refractivity contribution in [2.45, 2.75) is 51.6 Å². The van der Waals surface area contributed by atoms with Gasteiger partial charge in [-0.05, 0) is 56.2 Å². The van der Waals surface area contributed by atoms with Crippen molar-refractivity contribution in [2.75, 3.05) is 61.4 Å². The first kappa shape index (κ1) is 31.6. The lowest BCUT2D eigenvalue weighted by Crippen LogP contribution is -2.37. The van der Waals surface area contributed by atoms with Crippen molar-refractivity contribution >= 4 is 21.5 Å². The summed E-state index contributed by atoms with van der Waals surface area (Å²) in [7, 11) is 6.41. The normalized spacial score (nSPS) is 12.5. The molecule has 0 fully saturated rings. The smallest absolute Gasteiger partial charge is 0.263 e. The van der Waals surface area contributed by atoms with E-state index in [0.29, 0.717) is 91.3 Å². The van der Waals surface area contributed by atoms with Gasteiger partial charge in [-0.2, -0.15) is 0 Å². The average molecular weight is 584 g/mol. The van der Waals surface area contributed by atoms with Crippen molar-refractivity contribution < 1.29 is 24.1 Å². The summed E-state index contributed by atoms with van der Waals surface area (Å²) in [4.78, 5) is 46.6. The molecule has 0 saturated carbocycles. The summed E-state index contributed by atoms with van der Waals surface area (Å²) in [6.45, 7) is 2.70. The highest BCUT2D eigenvalue weighted by Gasteiger charge is 2.28. The number of rotatable bonds is 17. The highest BCUT2D eigenvalue weighted by Crippen LogP contribution is 2.39. The number of aryl methyl sites for hydroxylation is 1. The number of nitrogens with zero attached hydrogens (tertiary/aromatic N) is 3. The number of hydrogen-bond acceptors (Lipinski definition) is 9. The molecule has 0 bridgehead atoms. The van der Waals surface area contributed by atoms with E-state index in [0.717, 1.165) is 18.4 Å². The zero-order valence-corrected chi connectivity index (χ0v) is 25.0. The van der Waals surface area contributed by atoms with Gasteiger partial charge in [-0.15, -0.1) is 0 Å². The van der Waals surface area contributed by atoms with Gasteiger partial charge < -0.3 is 24.1 Å². The lowest BCUT2D eigenvalue weighted by molar-refractivity contribution is 0.189. The Balaban J connectivity index is 2.13. The quantitative estimate of drug-likeness (QED) is 0.148. The van der Waals surface area contributed by atoms with Gasteiger partial charge in [0, 0.05) is 90.8 Å². The largest absolute Gasteiger partial charge is 0.494 e. The van der Waals surface area contributed by atoms with Gasteiger partial charge in [0.05, 0.1) is 21.7 Å². The maximum absolute atomic E-state index is 14.0. The molecule has 0 atom stereocenters. The fourth-order valence-corrected chi connectivity index (χ4v) is 5.67. The van der Waals surface area contributed by atoms with Crippen LogP contribution in [0, 0.1) is 0 Å². The van der Waals surface area contributed by atoms with E-state index in [2.05, 4.69) is 0 Å². The van der Waals surface area contributed by atoms with E-state index in [1.165, 1.54) is 9.13 Å². The molecule has 2 aromatic rings. The van der Waals surface area contributed by atoms with E-state index in [1.807, 2.05) is 0 Å². The summed E-state index contributed by atoms with van der Waals surface area (Å²) >= 11 is 0. The van der Waals surface area contributed by atoms with Crippen LogP contribution >= 0.6 is 0 Å². The van der Waals surface area contributed by atoms with Gasteiger partial charge >= 0.3 is 0 Å². The van der Waals surface area contributed by atoms with Gasteiger partial charge in [-0.3, -0.25) is 28.5 Å². The molecule has 1 aromatic carbocycles. The molecule has 2 heterocycles. The first-order valence-electron chi connectivity index (χ1n) is 14.4. The Kier molecular flexibility index (Phi) is 11.0. The number of aromatic nitrogens is 2. The molecule has 1 aromatic heterocycles. The Labute approximate surface area is 244 Å². The lowest BCUT2D eigenvalue weighted by Gasteiger charge is -2.22. The zero-order chi connectivity index (χ0) is 30.2. The Hall–Kier alpha value is -3.38. The minimum absolute atomic E-state index is 0.196. The molecule has 2 aliphatic rings. The summed E-state index contributed by atoms with van der Waals surface area (Å²) in [5.41, 5.74) is 0.170. The van der Waals surface area contributed by atoms with Gasteiger partial charge in [0.25, 0.3) is 16.7 Å². The number of aromatic hydroxyl groups is 1. The summed E-state index contributed by atoms with van der Waals surface area (Å²) in [6, 6.07) is 3.44. The molecule has 1 aliphatic heterocycles. The van der Waals surface area contributed by atoms with Crippen molar-refractivity contribution in [1.29, 1.82) is 0 Å². The van der Waals surface area contributed by atoms with Gasteiger partial charge in [-0.25, -0.2) is 0 Å². The minimum atomic E-state index is -0.444. The molecule has 0 amide bonds. The van der Waals surface area contributed by atoms with Gasteiger partial charge in [-0.1, -0.05) is 0 Å². The third kappa shape index (κ3) is 6.19. The van der Waals surface area contributed by atoms with Crippen LogP contribution in [0.15, 0.2) is 31.5 Å². The predicted octanol–water partition coefficient (Wildman–Crippen LogP) is 2.34. The number of pyridine rings is 2. The standard InChI is InChI=1S/C31H41N3O8/c1-39-14-6-5-10-20-18-21-26-25-22(29(36)33(12-8-16-41-3)30(37)24(20)25)19-23(32-11-7-15-40-2)27(26)31(38)34(28(21)35)13-9-17-42-4/h18-19,35H,5-17H2,1-4H3. The SMILES string of the molecule is COCCCCc1cc2c(O)n(CCCOC)c(=O)c3c(=NCCCOC)cc4c(=O)n(CCCOC)c(=O)c1c-4c23. The van der Waals surface area contributed by atoms with E-state index in [4.69, 9.17) is 23.9 Å². The van der Waals surface area contributed by atoms with Gasteiger partial charge in [0.15, 0.2) is 0 Å². The first-order chi connectivity index (χ1) is 20.4. The van der Waals surface area contributed by atoms with Crippen LogP contribution in [0.3, 0.4) is 0 Å². The third-order valence-corrected chi connectivity index (χ3v) is 7.65. The number of unbranched alkanes of at least 4 members (excludes halogenated alkanes) is 1. The molecule has 0 radical (unpaired) electrons. The van der Waals surface area contributed by atoms with Crippen LogP contribution in [0.5, 0.6) is 5.88 Å². The molecule has 1 aliphatic carbocycles. The van der Waals surface area contributed by atoms with Crippen molar-refractivity contribution in [2.24, 2.45) is 4.99 Å². The molecule has 1 N–H and O–H groups in total. The van der Waals surface area contributed by atoms with Crippen LogP contribution in [0.4, 0.5) is 0 Å². The Morgan fingerprint density at radius 2 is 1.29 bits per heavy atom. The van der Waals surface area contributed by atoms with Crippen molar-refractivity contribution in [3.8, 4) is 17.0 Å². The fraction of sp³-hybridized carbons (Fsp3) is 0.548. The lowest BCUT2D eigenvalue weighted by atomic mass is 9.86. The minimum Gasteiger partial charge on any atom is -0.494 e. The Morgan fingerprint density at radius 3 is 1.95 bits per heavy atom. The van der Waals surface area contributed by atoms with Crippen molar-refractivity contribution in [3.63, 3.8) is 0 Å². The van der Waals surface area contributed by atoms with E-state index < -0.39 is 16.7 Å². The second-order valence-corrected chi connectivity index (χ2v) is 10.4. The zero-order valence-electron chi connectivity index (χ0n) is 25.0. The maximum Gasteiger partial charge on any atom is 0.263 e. The molecular weight excluding hydrogens is 542 g/mol. The van der Waals surface area contributed by atoms with E-state index in [1.54, 1.807) is 40.6 Å². The molecule has 0 spiro atoms. The van der Waals surface area contributed by atoms with E-state index in [9.17, 15) is 19.5 Å². The van der Waals surface area contributed by atoms with Crippen molar-refractivity contribution in [3.05, 3.63) is 54.1 Å². The molecule has 42 heavy (non-hydrogen) atoms. The van der Waals surface area contributed by atoms with Gasteiger partial charge in [0.2, 0.25) is 5.88 Å². The average Bonchev–Trinajstić information content (AvgIpc) is 2.98. The second kappa shape index (κ2) is 14.7. The highest BCUT2D eigenvalue weighted by atomic mass is 16.5. The summed E-state index contributed by atoms with van der Waals surface area (Å²) in [6.07, 6.45) is 3.69. The molecular formula is C31H41N3O8. The van der Waals surface area contributed by atoms with Crippen LogP contribution < -0.4 is 22.0 Å². The topological polar surface area (TPSA) is 131 Å². The number of benzene rings is 2. The van der Waals surface area contributed by atoms with Crippen molar-refractivity contribution in [1.82, 2.24) is 9.13 Å².